The maximum absolute atomic E-state index is 12.0. The van der Waals surface area contributed by atoms with Crippen molar-refractivity contribution in [3.05, 3.63) is 52.9 Å². The maximum atomic E-state index is 12.0. The van der Waals surface area contributed by atoms with Crippen LogP contribution in [0.3, 0.4) is 0 Å². The van der Waals surface area contributed by atoms with E-state index in [1.165, 1.54) is 6.07 Å². The molecule has 106 valence electrons. The molecule has 1 aromatic heterocycles. The summed E-state index contributed by atoms with van der Waals surface area (Å²) < 4.78 is 22.5. The van der Waals surface area contributed by atoms with E-state index in [0.717, 1.165) is 16.2 Å². The number of amides is 1. The molecule has 0 bridgehead atoms. The van der Waals surface area contributed by atoms with Crippen molar-refractivity contribution >= 4 is 37.0 Å². The van der Waals surface area contributed by atoms with E-state index >= 15 is 0 Å². The predicted molar refractivity (Wildman–Crippen MR) is 79.7 cm³/mol. The molecule has 1 amide bonds. The van der Waals surface area contributed by atoms with Crippen LogP contribution in [0.15, 0.2) is 46.7 Å². The van der Waals surface area contributed by atoms with E-state index in [9.17, 15) is 13.2 Å². The second-order valence-electron chi connectivity index (χ2n) is 4.16. The van der Waals surface area contributed by atoms with Crippen LogP contribution in [0.4, 0.5) is 0 Å². The third kappa shape index (κ3) is 3.59. The first-order valence-electron chi connectivity index (χ1n) is 5.78. The van der Waals surface area contributed by atoms with Crippen LogP contribution in [0.1, 0.15) is 28.2 Å². The predicted octanol–water partition coefficient (Wildman–Crippen LogP) is 3.17. The number of hydrogen-bond donors (Lipinski definition) is 1. The van der Waals surface area contributed by atoms with E-state index in [-0.39, 0.29) is 16.2 Å². The number of thiophene rings is 1. The standard InChI is InChI=1S/C13H12ClNO3S2/c1-9(11-7-8-12(19-11)20(14,17)18)15-13(16)10-5-3-2-4-6-10/h2-9H,1H3,(H,15,16). The van der Waals surface area contributed by atoms with Gasteiger partial charge in [0.25, 0.3) is 15.0 Å². The van der Waals surface area contributed by atoms with Crippen molar-refractivity contribution in [2.75, 3.05) is 0 Å². The van der Waals surface area contributed by atoms with Gasteiger partial charge in [0, 0.05) is 21.1 Å². The summed E-state index contributed by atoms with van der Waals surface area (Å²) in [6.45, 7) is 1.79. The van der Waals surface area contributed by atoms with Crippen LogP contribution in [0, 0.1) is 0 Å². The lowest BCUT2D eigenvalue weighted by atomic mass is 10.2. The van der Waals surface area contributed by atoms with Crippen LogP contribution in [0.2, 0.25) is 0 Å². The highest BCUT2D eigenvalue weighted by atomic mass is 35.7. The molecular formula is C13H12ClNO3S2. The number of halogens is 1. The summed E-state index contributed by atoms with van der Waals surface area (Å²) in [7, 11) is 1.56. The smallest absolute Gasteiger partial charge is 0.270 e. The van der Waals surface area contributed by atoms with Gasteiger partial charge in [0.05, 0.1) is 6.04 Å². The third-order valence-corrected chi connectivity index (χ3v) is 6.01. The monoisotopic (exact) mass is 329 g/mol. The molecule has 2 rings (SSSR count). The maximum Gasteiger partial charge on any atom is 0.270 e. The van der Waals surface area contributed by atoms with E-state index in [0.29, 0.717) is 5.56 Å². The van der Waals surface area contributed by atoms with Crippen molar-refractivity contribution in [1.82, 2.24) is 5.32 Å². The van der Waals surface area contributed by atoms with E-state index in [4.69, 9.17) is 10.7 Å². The molecule has 7 heteroatoms. The van der Waals surface area contributed by atoms with Crippen LogP contribution in [0.25, 0.3) is 0 Å². The molecule has 0 saturated carbocycles. The molecule has 0 aliphatic heterocycles. The van der Waals surface area contributed by atoms with E-state index < -0.39 is 9.05 Å². The summed E-state index contributed by atoms with van der Waals surface area (Å²) in [5.41, 5.74) is 0.557. The second kappa shape index (κ2) is 5.95. The number of benzene rings is 1. The summed E-state index contributed by atoms with van der Waals surface area (Å²) in [6.07, 6.45) is 0. The van der Waals surface area contributed by atoms with Crippen molar-refractivity contribution in [2.45, 2.75) is 17.2 Å². The Morgan fingerprint density at radius 1 is 1.20 bits per heavy atom. The molecule has 1 aromatic carbocycles. The summed E-state index contributed by atoms with van der Waals surface area (Å²) >= 11 is 1.05. The van der Waals surface area contributed by atoms with Gasteiger partial charge in [-0.3, -0.25) is 4.79 Å². The van der Waals surface area contributed by atoms with Crippen molar-refractivity contribution in [1.29, 1.82) is 0 Å². The van der Waals surface area contributed by atoms with Gasteiger partial charge in [-0.1, -0.05) is 18.2 Å². The van der Waals surface area contributed by atoms with E-state index in [1.54, 1.807) is 37.3 Å². The zero-order chi connectivity index (χ0) is 14.8. The minimum Gasteiger partial charge on any atom is -0.345 e. The molecule has 0 spiro atoms. The highest BCUT2D eigenvalue weighted by Crippen LogP contribution is 2.28. The van der Waals surface area contributed by atoms with Crippen LogP contribution in [0.5, 0.6) is 0 Å². The molecule has 20 heavy (non-hydrogen) atoms. The third-order valence-electron chi connectivity index (χ3n) is 2.65. The molecule has 0 aliphatic rings. The van der Waals surface area contributed by atoms with Crippen molar-refractivity contribution in [3.8, 4) is 0 Å². The Labute approximate surface area is 125 Å². The van der Waals surface area contributed by atoms with Gasteiger partial charge >= 0.3 is 0 Å². The number of rotatable bonds is 4. The molecule has 1 N–H and O–H groups in total. The molecule has 0 radical (unpaired) electrons. The van der Waals surface area contributed by atoms with Crippen LogP contribution < -0.4 is 5.32 Å². The van der Waals surface area contributed by atoms with Gasteiger partial charge < -0.3 is 5.32 Å². The van der Waals surface area contributed by atoms with Crippen molar-refractivity contribution in [3.63, 3.8) is 0 Å². The largest absolute Gasteiger partial charge is 0.345 e. The average molecular weight is 330 g/mol. The molecular weight excluding hydrogens is 318 g/mol. The molecule has 0 saturated heterocycles. The summed E-state index contributed by atoms with van der Waals surface area (Å²) in [5, 5.41) is 2.81. The highest BCUT2D eigenvalue weighted by Gasteiger charge is 2.17. The van der Waals surface area contributed by atoms with Gasteiger partial charge in [0.2, 0.25) is 0 Å². The SMILES string of the molecule is CC(NC(=O)c1ccccc1)c1ccc(S(=O)(=O)Cl)s1. The quantitative estimate of drug-likeness (QED) is 0.876. The van der Waals surface area contributed by atoms with Crippen molar-refractivity contribution < 1.29 is 13.2 Å². The minimum atomic E-state index is -3.72. The lowest BCUT2D eigenvalue weighted by Gasteiger charge is -2.12. The normalized spacial score (nSPS) is 12.9. The Kier molecular flexibility index (Phi) is 4.47. The van der Waals surface area contributed by atoms with E-state index in [1.807, 2.05) is 6.07 Å². The molecule has 0 fully saturated rings. The number of carbonyl (C=O) groups excluding carboxylic acids is 1. The molecule has 4 nitrogen and oxygen atoms in total. The van der Waals surface area contributed by atoms with Gasteiger partial charge in [0.15, 0.2) is 0 Å². The molecule has 1 unspecified atom stereocenters. The van der Waals surface area contributed by atoms with Gasteiger partial charge in [-0.05, 0) is 31.2 Å². The second-order valence-corrected chi connectivity index (χ2v) is 8.06. The van der Waals surface area contributed by atoms with E-state index in [2.05, 4.69) is 5.32 Å². The Hall–Kier alpha value is -1.37. The number of carbonyl (C=O) groups is 1. The topological polar surface area (TPSA) is 63.2 Å². The fraction of sp³-hybridized carbons (Fsp3) is 0.154. The molecule has 2 aromatic rings. The lowest BCUT2D eigenvalue weighted by molar-refractivity contribution is 0.0940. The Morgan fingerprint density at radius 3 is 2.40 bits per heavy atom. The minimum absolute atomic E-state index is 0.0787. The number of nitrogens with one attached hydrogen (secondary N) is 1. The Balaban J connectivity index is 2.11. The summed E-state index contributed by atoms with van der Waals surface area (Å²) in [6, 6.07) is 11.6. The first kappa shape index (κ1) is 15.0. The van der Waals surface area contributed by atoms with Gasteiger partial charge in [0.1, 0.15) is 4.21 Å². The zero-order valence-corrected chi connectivity index (χ0v) is 12.9. The highest BCUT2D eigenvalue weighted by molar-refractivity contribution is 8.15. The lowest BCUT2D eigenvalue weighted by Crippen LogP contribution is -2.25. The summed E-state index contributed by atoms with van der Waals surface area (Å²) in [4.78, 5) is 12.7. The first-order chi connectivity index (χ1) is 9.38. The molecule has 0 aliphatic carbocycles. The first-order valence-corrected chi connectivity index (χ1v) is 8.91. The van der Waals surface area contributed by atoms with Gasteiger partial charge in [-0.2, -0.15) is 0 Å². The van der Waals surface area contributed by atoms with Crippen LogP contribution in [-0.4, -0.2) is 14.3 Å². The fourth-order valence-electron chi connectivity index (χ4n) is 1.64. The fourth-order valence-corrected chi connectivity index (χ4v) is 3.73. The zero-order valence-electron chi connectivity index (χ0n) is 10.5. The molecule has 1 atom stereocenters. The molecule has 1 heterocycles. The van der Waals surface area contributed by atoms with Crippen molar-refractivity contribution in [2.24, 2.45) is 0 Å². The average Bonchev–Trinajstić information content (AvgIpc) is 2.89. The number of hydrogen-bond acceptors (Lipinski definition) is 4. The van der Waals surface area contributed by atoms with Gasteiger partial charge in [-0.25, -0.2) is 8.42 Å². The van der Waals surface area contributed by atoms with Crippen LogP contribution in [-0.2, 0) is 9.05 Å². The van der Waals surface area contributed by atoms with Crippen LogP contribution >= 0.6 is 22.0 Å². The summed E-state index contributed by atoms with van der Waals surface area (Å²) in [5.74, 6) is -0.207. The Bertz CT molecular complexity index is 710. The van der Waals surface area contributed by atoms with Gasteiger partial charge in [-0.15, -0.1) is 11.3 Å². The Morgan fingerprint density at radius 2 is 1.85 bits per heavy atom.